The molecule has 2 aromatic carbocycles. The van der Waals surface area contributed by atoms with E-state index in [1.165, 1.54) is 21.7 Å². The number of likely N-dealkylation sites (tertiary alicyclic amines) is 1. The summed E-state index contributed by atoms with van der Waals surface area (Å²) in [4.78, 5) is 7.37. The number of aryl methyl sites for hydroxylation is 1. The van der Waals surface area contributed by atoms with Crippen LogP contribution in [0.5, 0.6) is 0 Å². The number of fused-ring (bicyclic) bond motifs is 1. The molecule has 7 heteroatoms. The van der Waals surface area contributed by atoms with Crippen molar-refractivity contribution in [1.29, 1.82) is 0 Å². The van der Waals surface area contributed by atoms with Gasteiger partial charge in [0.1, 0.15) is 10.8 Å². The monoisotopic (exact) mass is 421 g/mol. The highest BCUT2D eigenvalue weighted by Crippen LogP contribution is 2.36. The van der Waals surface area contributed by atoms with Gasteiger partial charge in [0.05, 0.1) is 29.5 Å². The fourth-order valence-electron chi connectivity index (χ4n) is 4.07. The number of aromatic nitrogens is 4. The third-order valence-corrected chi connectivity index (χ3v) is 7.13. The summed E-state index contributed by atoms with van der Waals surface area (Å²) >= 11 is 7.59. The Morgan fingerprint density at radius 3 is 2.72 bits per heavy atom. The van der Waals surface area contributed by atoms with E-state index in [1.54, 1.807) is 0 Å². The number of rotatable bonds is 5. The molecule has 1 aliphatic rings. The smallest absolute Gasteiger partial charge is 0.199 e. The van der Waals surface area contributed by atoms with Crippen molar-refractivity contribution in [3.63, 3.8) is 0 Å². The molecule has 0 amide bonds. The van der Waals surface area contributed by atoms with Crippen LogP contribution in [0.15, 0.2) is 54.6 Å². The lowest BCUT2D eigenvalue weighted by Gasteiger charge is -2.22. The van der Waals surface area contributed by atoms with E-state index < -0.39 is 0 Å². The van der Waals surface area contributed by atoms with Crippen molar-refractivity contribution in [2.75, 3.05) is 6.54 Å². The highest BCUT2D eigenvalue weighted by molar-refractivity contribution is 7.71. The lowest BCUT2D eigenvalue weighted by Crippen LogP contribution is -2.27. The highest BCUT2D eigenvalue weighted by Gasteiger charge is 2.29. The topological polar surface area (TPSA) is 38.9 Å². The van der Waals surface area contributed by atoms with Gasteiger partial charge in [0, 0.05) is 6.54 Å². The first kappa shape index (κ1) is 18.7. The summed E-state index contributed by atoms with van der Waals surface area (Å²) in [5, 5.41) is 5.96. The molecule has 0 bridgehead atoms. The summed E-state index contributed by atoms with van der Waals surface area (Å²) in [5.74, 6) is 0.953. The van der Waals surface area contributed by atoms with Crippen molar-refractivity contribution in [1.82, 2.24) is 24.2 Å². The largest absolute Gasteiger partial charge is 0.300 e. The lowest BCUT2D eigenvalue weighted by molar-refractivity contribution is 0.189. The predicted octanol–water partition coefficient (Wildman–Crippen LogP) is 5.18. The van der Waals surface area contributed by atoms with Crippen LogP contribution in [0.3, 0.4) is 0 Å². The molecule has 29 heavy (non-hydrogen) atoms. The van der Waals surface area contributed by atoms with Crippen molar-refractivity contribution >= 4 is 33.8 Å². The molecule has 0 unspecified atom stereocenters. The number of thiazole rings is 1. The molecule has 0 radical (unpaired) electrons. The second-order valence-corrected chi connectivity index (χ2v) is 8.96. The Morgan fingerprint density at radius 2 is 1.90 bits per heavy atom. The highest BCUT2D eigenvalue weighted by atomic mass is 32.1. The van der Waals surface area contributed by atoms with Crippen LogP contribution in [0.25, 0.3) is 10.2 Å². The zero-order valence-corrected chi connectivity index (χ0v) is 18.0. The SMILES string of the molecule is Cc1nn(CN2CCC[C@H]2c2nc3ccccc3s2)c(=S)n1Cc1ccccc1. The maximum Gasteiger partial charge on any atom is 0.199 e. The quantitative estimate of drug-likeness (QED) is 0.417. The molecule has 148 valence electrons. The van der Waals surface area contributed by atoms with Gasteiger partial charge < -0.3 is 0 Å². The van der Waals surface area contributed by atoms with E-state index in [4.69, 9.17) is 22.3 Å². The lowest BCUT2D eigenvalue weighted by atomic mass is 10.2. The van der Waals surface area contributed by atoms with Crippen LogP contribution in [-0.2, 0) is 13.2 Å². The molecule has 1 aliphatic heterocycles. The van der Waals surface area contributed by atoms with Crippen LogP contribution in [-0.4, -0.2) is 30.8 Å². The number of hydrogen-bond donors (Lipinski definition) is 0. The molecule has 1 saturated heterocycles. The molecule has 0 spiro atoms. The molecular formula is C22H23N5S2. The summed E-state index contributed by atoms with van der Waals surface area (Å²) < 4.78 is 6.13. The van der Waals surface area contributed by atoms with Gasteiger partial charge in [-0.05, 0) is 49.7 Å². The van der Waals surface area contributed by atoms with E-state index in [1.807, 2.05) is 29.0 Å². The number of benzene rings is 2. The summed E-state index contributed by atoms with van der Waals surface area (Å²) in [5.41, 5.74) is 2.33. The van der Waals surface area contributed by atoms with Gasteiger partial charge in [0.25, 0.3) is 0 Å². The van der Waals surface area contributed by atoms with Gasteiger partial charge in [-0.3, -0.25) is 9.47 Å². The van der Waals surface area contributed by atoms with E-state index in [0.29, 0.717) is 12.7 Å². The molecule has 3 heterocycles. The molecule has 5 nitrogen and oxygen atoms in total. The number of nitrogens with zero attached hydrogens (tertiary/aromatic N) is 5. The molecule has 0 N–H and O–H groups in total. The first-order chi connectivity index (χ1) is 14.2. The molecular weight excluding hydrogens is 398 g/mol. The van der Waals surface area contributed by atoms with Crippen LogP contribution in [0.1, 0.15) is 35.3 Å². The minimum absolute atomic E-state index is 0.342. The molecule has 2 aromatic heterocycles. The van der Waals surface area contributed by atoms with E-state index in [-0.39, 0.29) is 0 Å². The fraction of sp³-hybridized carbons (Fsp3) is 0.318. The van der Waals surface area contributed by atoms with Crippen LogP contribution in [0.2, 0.25) is 0 Å². The second kappa shape index (κ2) is 7.82. The van der Waals surface area contributed by atoms with Gasteiger partial charge in [-0.15, -0.1) is 11.3 Å². The number of hydrogen-bond acceptors (Lipinski definition) is 5. The van der Waals surface area contributed by atoms with Gasteiger partial charge in [-0.25, -0.2) is 9.67 Å². The second-order valence-electron chi connectivity index (χ2n) is 7.53. The fourth-order valence-corrected chi connectivity index (χ4v) is 5.50. The standard InChI is InChI=1S/C22H23N5S2/c1-16-24-27(22(28)26(16)14-17-8-3-2-4-9-17)15-25-13-7-11-19(25)21-23-18-10-5-6-12-20(18)29-21/h2-6,8-10,12,19H,7,11,13-15H2,1H3/t19-/m0/s1. The zero-order valence-electron chi connectivity index (χ0n) is 16.4. The van der Waals surface area contributed by atoms with Crippen molar-refractivity contribution in [3.05, 3.63) is 75.8 Å². The van der Waals surface area contributed by atoms with E-state index in [2.05, 4.69) is 58.0 Å². The van der Waals surface area contributed by atoms with Crippen LogP contribution < -0.4 is 0 Å². The summed E-state index contributed by atoms with van der Waals surface area (Å²) in [7, 11) is 0. The number of para-hydroxylation sites is 1. The van der Waals surface area contributed by atoms with Crippen molar-refractivity contribution in [2.24, 2.45) is 0 Å². The Bertz CT molecular complexity index is 1160. The van der Waals surface area contributed by atoms with Crippen LogP contribution >= 0.6 is 23.6 Å². The van der Waals surface area contributed by atoms with Gasteiger partial charge >= 0.3 is 0 Å². The maximum absolute atomic E-state index is 5.78. The van der Waals surface area contributed by atoms with Gasteiger partial charge in [-0.2, -0.15) is 5.10 Å². The normalized spacial score (nSPS) is 17.3. The molecule has 5 rings (SSSR count). The van der Waals surface area contributed by atoms with Crippen LogP contribution in [0.4, 0.5) is 0 Å². The third-order valence-electron chi connectivity index (χ3n) is 5.57. The van der Waals surface area contributed by atoms with Crippen LogP contribution in [0, 0.1) is 11.7 Å². The average Bonchev–Trinajstić information content (AvgIpc) is 3.43. The van der Waals surface area contributed by atoms with E-state index >= 15 is 0 Å². The summed E-state index contributed by atoms with van der Waals surface area (Å²) in [6, 6.07) is 19.1. The predicted molar refractivity (Wildman–Crippen MR) is 120 cm³/mol. The van der Waals surface area contributed by atoms with E-state index in [0.717, 1.165) is 35.6 Å². The van der Waals surface area contributed by atoms with Gasteiger partial charge in [-0.1, -0.05) is 42.5 Å². The molecule has 0 saturated carbocycles. The maximum atomic E-state index is 5.78. The first-order valence-corrected chi connectivity index (χ1v) is 11.2. The Hall–Kier alpha value is -2.35. The molecule has 0 aliphatic carbocycles. The zero-order chi connectivity index (χ0) is 19.8. The Morgan fingerprint density at radius 1 is 1.10 bits per heavy atom. The molecule has 4 aromatic rings. The molecule has 1 atom stereocenters. The first-order valence-electron chi connectivity index (χ1n) is 9.97. The van der Waals surface area contributed by atoms with Gasteiger partial charge in [0.15, 0.2) is 4.77 Å². The third kappa shape index (κ3) is 3.66. The summed E-state index contributed by atoms with van der Waals surface area (Å²) in [6.07, 6.45) is 2.31. The Labute approximate surface area is 179 Å². The minimum atomic E-state index is 0.342. The van der Waals surface area contributed by atoms with Crippen molar-refractivity contribution < 1.29 is 0 Å². The van der Waals surface area contributed by atoms with Crippen molar-refractivity contribution in [2.45, 2.75) is 39.0 Å². The minimum Gasteiger partial charge on any atom is -0.300 e. The van der Waals surface area contributed by atoms with Crippen molar-refractivity contribution in [3.8, 4) is 0 Å². The molecule has 1 fully saturated rings. The Balaban J connectivity index is 1.39. The van der Waals surface area contributed by atoms with Gasteiger partial charge in [0.2, 0.25) is 0 Å². The summed E-state index contributed by atoms with van der Waals surface area (Å²) in [6.45, 7) is 4.55. The Kier molecular flexibility index (Phi) is 5.03. The average molecular weight is 422 g/mol. The van der Waals surface area contributed by atoms with E-state index in [9.17, 15) is 0 Å².